The van der Waals surface area contributed by atoms with Crippen molar-refractivity contribution in [1.82, 2.24) is 4.98 Å². The number of aromatic nitrogens is 1. The Morgan fingerprint density at radius 2 is 2.05 bits per heavy atom. The third-order valence-electron chi connectivity index (χ3n) is 3.10. The van der Waals surface area contributed by atoms with Gasteiger partial charge in [-0.15, -0.1) is 11.3 Å². The first-order chi connectivity index (χ1) is 9.65. The molecule has 0 saturated carbocycles. The normalized spacial score (nSPS) is 10.3. The predicted octanol–water partition coefficient (Wildman–Crippen LogP) is 3.41. The standard InChI is InChI=1S/C15H18N2O2S/c1-4-11-7-5-6-8-12(11)9-16-15-17-13(10(2)20-15)14(18)19-3/h5-8H,4,9H2,1-3H3,(H,16,17). The number of hydrogen-bond acceptors (Lipinski definition) is 5. The molecule has 4 nitrogen and oxygen atoms in total. The summed E-state index contributed by atoms with van der Waals surface area (Å²) >= 11 is 1.47. The Hall–Kier alpha value is -1.88. The molecule has 1 aromatic heterocycles. The highest BCUT2D eigenvalue weighted by atomic mass is 32.1. The second kappa shape index (κ2) is 6.52. The highest BCUT2D eigenvalue weighted by Crippen LogP contribution is 2.23. The van der Waals surface area contributed by atoms with Gasteiger partial charge in [-0.25, -0.2) is 9.78 Å². The highest BCUT2D eigenvalue weighted by Gasteiger charge is 2.15. The number of carbonyl (C=O) groups is 1. The molecule has 0 fully saturated rings. The Morgan fingerprint density at radius 1 is 1.35 bits per heavy atom. The summed E-state index contributed by atoms with van der Waals surface area (Å²) in [5, 5.41) is 4.02. The minimum atomic E-state index is -0.388. The summed E-state index contributed by atoms with van der Waals surface area (Å²) in [7, 11) is 1.37. The van der Waals surface area contributed by atoms with Crippen LogP contribution in [-0.2, 0) is 17.7 Å². The third-order valence-corrected chi connectivity index (χ3v) is 4.03. The van der Waals surface area contributed by atoms with Crippen LogP contribution < -0.4 is 5.32 Å². The summed E-state index contributed by atoms with van der Waals surface area (Å²) in [6.07, 6.45) is 1.00. The van der Waals surface area contributed by atoms with E-state index in [-0.39, 0.29) is 5.97 Å². The van der Waals surface area contributed by atoms with E-state index in [0.717, 1.165) is 16.4 Å². The number of aryl methyl sites for hydroxylation is 2. The summed E-state index contributed by atoms with van der Waals surface area (Å²) < 4.78 is 4.71. The molecule has 5 heteroatoms. The van der Waals surface area contributed by atoms with Gasteiger partial charge in [-0.3, -0.25) is 0 Å². The van der Waals surface area contributed by atoms with E-state index in [1.807, 2.05) is 19.1 Å². The number of hydrogen-bond donors (Lipinski definition) is 1. The van der Waals surface area contributed by atoms with E-state index in [4.69, 9.17) is 4.74 Å². The Labute approximate surface area is 122 Å². The fourth-order valence-electron chi connectivity index (χ4n) is 2.00. The Balaban J connectivity index is 2.10. The van der Waals surface area contributed by atoms with Crippen LogP contribution in [0.3, 0.4) is 0 Å². The first-order valence-electron chi connectivity index (χ1n) is 6.52. The van der Waals surface area contributed by atoms with Crippen molar-refractivity contribution < 1.29 is 9.53 Å². The molecule has 0 aliphatic heterocycles. The smallest absolute Gasteiger partial charge is 0.357 e. The Morgan fingerprint density at radius 3 is 2.70 bits per heavy atom. The van der Waals surface area contributed by atoms with Crippen LogP contribution in [0.15, 0.2) is 24.3 Å². The number of anilines is 1. The average Bonchev–Trinajstić information content (AvgIpc) is 2.85. The van der Waals surface area contributed by atoms with Crippen LogP contribution >= 0.6 is 11.3 Å². The molecular formula is C15H18N2O2S. The van der Waals surface area contributed by atoms with Crippen molar-refractivity contribution in [3.05, 3.63) is 46.0 Å². The monoisotopic (exact) mass is 290 g/mol. The lowest BCUT2D eigenvalue weighted by Gasteiger charge is -2.07. The number of carbonyl (C=O) groups excluding carboxylic acids is 1. The molecule has 2 aromatic rings. The lowest BCUT2D eigenvalue weighted by molar-refractivity contribution is 0.0594. The fraction of sp³-hybridized carbons (Fsp3) is 0.333. The van der Waals surface area contributed by atoms with Gasteiger partial charge < -0.3 is 10.1 Å². The maximum absolute atomic E-state index is 11.5. The minimum absolute atomic E-state index is 0.388. The molecule has 0 radical (unpaired) electrons. The molecule has 0 aliphatic carbocycles. The zero-order valence-electron chi connectivity index (χ0n) is 11.9. The van der Waals surface area contributed by atoms with Gasteiger partial charge in [0.2, 0.25) is 0 Å². The molecule has 0 amide bonds. The largest absolute Gasteiger partial charge is 0.464 e. The van der Waals surface area contributed by atoms with E-state index < -0.39 is 0 Å². The number of methoxy groups -OCH3 is 1. The number of nitrogens with one attached hydrogen (secondary N) is 1. The molecule has 0 saturated heterocycles. The van der Waals surface area contributed by atoms with Gasteiger partial charge in [0, 0.05) is 11.4 Å². The van der Waals surface area contributed by atoms with Crippen molar-refractivity contribution in [2.75, 3.05) is 12.4 Å². The van der Waals surface area contributed by atoms with Crippen LogP contribution in [0.5, 0.6) is 0 Å². The summed E-state index contributed by atoms with van der Waals surface area (Å²) in [6.45, 7) is 4.72. The zero-order chi connectivity index (χ0) is 14.5. The summed E-state index contributed by atoms with van der Waals surface area (Å²) in [6, 6.07) is 8.31. The van der Waals surface area contributed by atoms with Crippen molar-refractivity contribution in [2.45, 2.75) is 26.8 Å². The number of rotatable bonds is 5. The third kappa shape index (κ3) is 3.17. The van der Waals surface area contributed by atoms with Crippen LogP contribution in [-0.4, -0.2) is 18.1 Å². The quantitative estimate of drug-likeness (QED) is 0.857. The van der Waals surface area contributed by atoms with Crippen LogP contribution in [0.1, 0.15) is 33.4 Å². The molecule has 0 unspecified atom stereocenters. The van der Waals surface area contributed by atoms with Crippen molar-refractivity contribution in [3.63, 3.8) is 0 Å². The molecule has 1 heterocycles. The zero-order valence-corrected chi connectivity index (χ0v) is 12.7. The van der Waals surface area contributed by atoms with Crippen LogP contribution in [0.25, 0.3) is 0 Å². The predicted molar refractivity (Wildman–Crippen MR) is 81.3 cm³/mol. The number of nitrogens with zero attached hydrogens (tertiary/aromatic N) is 1. The molecule has 20 heavy (non-hydrogen) atoms. The van der Waals surface area contributed by atoms with Gasteiger partial charge in [-0.1, -0.05) is 31.2 Å². The van der Waals surface area contributed by atoms with Crippen molar-refractivity contribution in [1.29, 1.82) is 0 Å². The minimum Gasteiger partial charge on any atom is -0.464 e. The van der Waals surface area contributed by atoms with E-state index in [9.17, 15) is 4.79 Å². The maximum Gasteiger partial charge on any atom is 0.357 e. The number of benzene rings is 1. The van der Waals surface area contributed by atoms with E-state index in [2.05, 4.69) is 29.4 Å². The Bertz CT molecular complexity index is 608. The van der Waals surface area contributed by atoms with E-state index in [1.165, 1.54) is 29.6 Å². The highest BCUT2D eigenvalue weighted by molar-refractivity contribution is 7.15. The fourth-order valence-corrected chi connectivity index (χ4v) is 2.80. The van der Waals surface area contributed by atoms with Crippen LogP contribution in [0.2, 0.25) is 0 Å². The second-order valence-corrected chi connectivity index (χ2v) is 5.59. The van der Waals surface area contributed by atoms with Crippen molar-refractivity contribution >= 4 is 22.4 Å². The van der Waals surface area contributed by atoms with Gasteiger partial charge in [0.25, 0.3) is 0 Å². The molecule has 1 N–H and O–H groups in total. The topological polar surface area (TPSA) is 51.2 Å². The van der Waals surface area contributed by atoms with Gasteiger partial charge in [-0.05, 0) is 24.5 Å². The summed E-state index contributed by atoms with van der Waals surface area (Å²) in [5.41, 5.74) is 2.97. The van der Waals surface area contributed by atoms with Gasteiger partial charge in [0.05, 0.1) is 7.11 Å². The SMILES string of the molecule is CCc1ccccc1CNc1nc(C(=O)OC)c(C)s1. The molecule has 0 aliphatic rings. The molecular weight excluding hydrogens is 272 g/mol. The molecule has 2 rings (SSSR count). The molecule has 106 valence electrons. The Kier molecular flexibility index (Phi) is 4.74. The average molecular weight is 290 g/mol. The number of esters is 1. The lowest BCUT2D eigenvalue weighted by atomic mass is 10.1. The molecule has 0 atom stereocenters. The van der Waals surface area contributed by atoms with Crippen molar-refractivity contribution in [3.8, 4) is 0 Å². The van der Waals surface area contributed by atoms with Gasteiger partial charge in [0.15, 0.2) is 10.8 Å². The number of ether oxygens (including phenoxy) is 1. The molecule has 0 spiro atoms. The van der Waals surface area contributed by atoms with E-state index in [0.29, 0.717) is 12.2 Å². The first-order valence-corrected chi connectivity index (χ1v) is 7.33. The molecule has 0 bridgehead atoms. The molecule has 1 aromatic carbocycles. The van der Waals surface area contributed by atoms with Gasteiger partial charge in [0.1, 0.15) is 0 Å². The first kappa shape index (κ1) is 14.5. The lowest BCUT2D eigenvalue weighted by Crippen LogP contribution is -2.05. The summed E-state index contributed by atoms with van der Waals surface area (Å²) in [4.78, 5) is 16.7. The van der Waals surface area contributed by atoms with Gasteiger partial charge >= 0.3 is 5.97 Å². The number of thiazole rings is 1. The van der Waals surface area contributed by atoms with Gasteiger partial charge in [-0.2, -0.15) is 0 Å². The maximum atomic E-state index is 11.5. The summed E-state index contributed by atoms with van der Waals surface area (Å²) in [5.74, 6) is -0.388. The van der Waals surface area contributed by atoms with Crippen LogP contribution in [0.4, 0.5) is 5.13 Å². The van der Waals surface area contributed by atoms with E-state index in [1.54, 1.807) is 0 Å². The second-order valence-electron chi connectivity index (χ2n) is 4.39. The van der Waals surface area contributed by atoms with Crippen LogP contribution in [0, 0.1) is 6.92 Å². The van der Waals surface area contributed by atoms with Crippen molar-refractivity contribution in [2.24, 2.45) is 0 Å². The van der Waals surface area contributed by atoms with E-state index >= 15 is 0 Å².